The Hall–Kier alpha value is -0.210. The van der Waals surface area contributed by atoms with E-state index in [1.165, 1.54) is 0 Å². The van der Waals surface area contributed by atoms with E-state index in [1.54, 1.807) is 4.31 Å². The van der Waals surface area contributed by atoms with Gasteiger partial charge in [-0.3, -0.25) is 4.90 Å². The maximum absolute atomic E-state index is 12.4. The van der Waals surface area contributed by atoms with E-state index in [0.717, 1.165) is 39.1 Å². The minimum atomic E-state index is -3.20. The molecule has 2 aliphatic rings. The molecule has 0 amide bonds. The highest BCUT2D eigenvalue weighted by atomic mass is 32.2. The van der Waals surface area contributed by atoms with Crippen molar-refractivity contribution >= 4 is 10.0 Å². The summed E-state index contributed by atoms with van der Waals surface area (Å²) in [5.41, 5.74) is 0. The molecule has 0 N–H and O–H groups in total. The summed E-state index contributed by atoms with van der Waals surface area (Å²) in [7, 11) is -3.20. The van der Waals surface area contributed by atoms with Crippen molar-refractivity contribution in [2.24, 2.45) is 0 Å². The summed E-state index contributed by atoms with van der Waals surface area (Å²) in [4.78, 5) is 2.43. The number of hydrogen-bond donors (Lipinski definition) is 0. The van der Waals surface area contributed by atoms with E-state index in [4.69, 9.17) is 9.47 Å². The van der Waals surface area contributed by atoms with Crippen molar-refractivity contribution in [3.8, 4) is 0 Å². The number of ether oxygens (including phenoxy) is 2. The molecule has 0 aromatic carbocycles. The van der Waals surface area contributed by atoms with Crippen LogP contribution in [-0.2, 0) is 19.5 Å². The van der Waals surface area contributed by atoms with Gasteiger partial charge in [0.05, 0.1) is 12.4 Å². The lowest BCUT2D eigenvalue weighted by atomic mass is 10.1. The van der Waals surface area contributed by atoms with Gasteiger partial charge in [0.15, 0.2) is 0 Å². The van der Waals surface area contributed by atoms with Crippen LogP contribution < -0.4 is 0 Å². The van der Waals surface area contributed by atoms with Crippen molar-refractivity contribution in [1.29, 1.82) is 0 Å². The summed E-state index contributed by atoms with van der Waals surface area (Å²) in [5.74, 6) is 0.0858. The highest BCUT2D eigenvalue weighted by molar-refractivity contribution is 7.89. The number of sulfonamides is 1. The first kappa shape index (κ1) is 17.1. The molecule has 124 valence electrons. The third-order valence-corrected chi connectivity index (χ3v) is 6.29. The Balaban J connectivity index is 1.87. The second kappa shape index (κ2) is 7.87. The van der Waals surface area contributed by atoms with Crippen LogP contribution in [0.25, 0.3) is 0 Å². The summed E-state index contributed by atoms with van der Waals surface area (Å²) in [5, 5.41) is 0. The highest BCUT2D eigenvalue weighted by Crippen LogP contribution is 2.21. The zero-order valence-electron chi connectivity index (χ0n) is 13.2. The van der Waals surface area contributed by atoms with Crippen LogP contribution in [0.1, 0.15) is 26.7 Å². The molecule has 0 saturated carbocycles. The van der Waals surface area contributed by atoms with Gasteiger partial charge in [0.25, 0.3) is 0 Å². The van der Waals surface area contributed by atoms with Crippen molar-refractivity contribution in [3.63, 3.8) is 0 Å². The van der Waals surface area contributed by atoms with E-state index in [-0.39, 0.29) is 18.4 Å². The van der Waals surface area contributed by atoms with Crippen LogP contribution in [-0.4, -0.2) is 81.5 Å². The minimum Gasteiger partial charge on any atom is -0.381 e. The number of piperazine rings is 1. The SMILES string of the molecule is CCOCCS(=O)(=O)N1CCN(C2CCOCC2)C[C@H]1C. The molecule has 0 aromatic heterocycles. The minimum absolute atomic E-state index is 0.0354. The van der Waals surface area contributed by atoms with E-state index >= 15 is 0 Å². The lowest BCUT2D eigenvalue weighted by Crippen LogP contribution is -2.57. The molecular formula is C14H28N2O4S. The zero-order valence-corrected chi connectivity index (χ0v) is 14.0. The van der Waals surface area contributed by atoms with Crippen LogP contribution in [0.15, 0.2) is 0 Å². The standard InChI is InChI=1S/C14H28N2O4S/c1-3-19-10-11-21(17,18)16-7-6-15(12-13(16)2)14-4-8-20-9-5-14/h13-14H,3-12H2,1-2H3/t13-/m1/s1. The number of rotatable bonds is 6. The summed E-state index contributed by atoms with van der Waals surface area (Å²) >= 11 is 0. The smallest absolute Gasteiger partial charge is 0.216 e. The van der Waals surface area contributed by atoms with Gasteiger partial charge in [-0.2, -0.15) is 4.31 Å². The molecule has 0 aliphatic carbocycles. The van der Waals surface area contributed by atoms with Crippen LogP contribution in [0.3, 0.4) is 0 Å². The van der Waals surface area contributed by atoms with Crippen LogP contribution in [0.5, 0.6) is 0 Å². The van der Waals surface area contributed by atoms with Crippen LogP contribution in [0, 0.1) is 0 Å². The maximum Gasteiger partial charge on any atom is 0.216 e. The van der Waals surface area contributed by atoms with Crippen LogP contribution >= 0.6 is 0 Å². The molecule has 2 aliphatic heterocycles. The zero-order chi connectivity index (χ0) is 15.3. The molecule has 0 aromatic rings. The van der Waals surface area contributed by atoms with Gasteiger partial charge in [-0.1, -0.05) is 0 Å². The van der Waals surface area contributed by atoms with Gasteiger partial charge in [-0.05, 0) is 26.7 Å². The van der Waals surface area contributed by atoms with Gasteiger partial charge in [0.1, 0.15) is 0 Å². The first-order valence-electron chi connectivity index (χ1n) is 7.93. The molecule has 0 unspecified atom stereocenters. The van der Waals surface area contributed by atoms with Crippen molar-refractivity contribution < 1.29 is 17.9 Å². The van der Waals surface area contributed by atoms with Gasteiger partial charge >= 0.3 is 0 Å². The molecule has 7 heteroatoms. The largest absolute Gasteiger partial charge is 0.381 e. The van der Waals surface area contributed by atoms with Crippen molar-refractivity contribution in [2.45, 2.75) is 38.8 Å². The third kappa shape index (κ3) is 4.63. The molecule has 2 rings (SSSR count). The summed E-state index contributed by atoms with van der Waals surface area (Å²) in [6, 6.07) is 0.586. The highest BCUT2D eigenvalue weighted by Gasteiger charge is 2.34. The van der Waals surface area contributed by atoms with Gasteiger partial charge < -0.3 is 9.47 Å². The molecule has 0 bridgehead atoms. The molecule has 1 atom stereocenters. The lowest BCUT2D eigenvalue weighted by molar-refractivity contribution is 0.0136. The van der Waals surface area contributed by atoms with E-state index < -0.39 is 10.0 Å². The van der Waals surface area contributed by atoms with Crippen molar-refractivity contribution in [3.05, 3.63) is 0 Å². The lowest BCUT2D eigenvalue weighted by Gasteiger charge is -2.43. The van der Waals surface area contributed by atoms with E-state index in [2.05, 4.69) is 4.90 Å². The Morgan fingerprint density at radius 3 is 2.57 bits per heavy atom. The first-order valence-corrected chi connectivity index (χ1v) is 9.54. The van der Waals surface area contributed by atoms with E-state index in [1.807, 2.05) is 13.8 Å². The Bertz CT molecular complexity index is 409. The maximum atomic E-state index is 12.4. The van der Waals surface area contributed by atoms with E-state index in [0.29, 0.717) is 19.2 Å². The third-order valence-electron chi connectivity index (χ3n) is 4.35. The van der Waals surface area contributed by atoms with Gasteiger partial charge in [0.2, 0.25) is 10.0 Å². The molecule has 6 nitrogen and oxygen atoms in total. The topological polar surface area (TPSA) is 59.1 Å². The van der Waals surface area contributed by atoms with Crippen molar-refractivity contribution in [2.75, 3.05) is 51.8 Å². The Morgan fingerprint density at radius 2 is 1.95 bits per heavy atom. The van der Waals surface area contributed by atoms with Crippen LogP contribution in [0.4, 0.5) is 0 Å². The average molecular weight is 320 g/mol. The predicted molar refractivity (Wildman–Crippen MR) is 81.9 cm³/mol. The van der Waals surface area contributed by atoms with Crippen LogP contribution in [0.2, 0.25) is 0 Å². The predicted octanol–water partition coefficient (Wildman–Crippen LogP) is 0.538. The summed E-state index contributed by atoms with van der Waals surface area (Å²) in [6.45, 7) is 8.60. The molecule has 0 radical (unpaired) electrons. The number of hydrogen-bond acceptors (Lipinski definition) is 5. The summed E-state index contributed by atoms with van der Waals surface area (Å²) < 4.78 is 37.0. The van der Waals surface area contributed by atoms with E-state index in [9.17, 15) is 8.42 Å². The summed E-state index contributed by atoms with van der Waals surface area (Å²) in [6.07, 6.45) is 2.12. The Labute approximate surface area is 128 Å². The fraction of sp³-hybridized carbons (Fsp3) is 1.00. The molecule has 21 heavy (non-hydrogen) atoms. The molecule has 0 spiro atoms. The van der Waals surface area contributed by atoms with Crippen molar-refractivity contribution in [1.82, 2.24) is 9.21 Å². The molecule has 2 heterocycles. The second-order valence-corrected chi connectivity index (χ2v) is 7.85. The monoisotopic (exact) mass is 320 g/mol. The fourth-order valence-electron chi connectivity index (χ4n) is 3.19. The molecular weight excluding hydrogens is 292 g/mol. The van der Waals surface area contributed by atoms with Gasteiger partial charge in [-0.25, -0.2) is 8.42 Å². The quantitative estimate of drug-likeness (QED) is 0.669. The second-order valence-electron chi connectivity index (χ2n) is 5.81. The first-order chi connectivity index (χ1) is 10.0. The Kier molecular flexibility index (Phi) is 6.43. The average Bonchev–Trinajstić information content (AvgIpc) is 2.48. The Morgan fingerprint density at radius 1 is 1.24 bits per heavy atom. The normalized spacial score (nSPS) is 27.0. The van der Waals surface area contributed by atoms with Gasteiger partial charge in [-0.15, -0.1) is 0 Å². The van der Waals surface area contributed by atoms with Gasteiger partial charge in [0, 0.05) is 51.5 Å². The molecule has 2 fully saturated rings. The molecule has 2 saturated heterocycles. The fourth-order valence-corrected chi connectivity index (χ4v) is 4.73. The number of nitrogens with zero attached hydrogens (tertiary/aromatic N) is 2.